The number of hydrogen-bond donors (Lipinski definition) is 0. The number of likely N-dealkylation sites (tertiary alicyclic amines) is 2. The summed E-state index contributed by atoms with van der Waals surface area (Å²) in [6.45, 7) is 8.40. The second-order valence-corrected chi connectivity index (χ2v) is 8.40. The van der Waals surface area contributed by atoms with Crippen LogP contribution in [0.3, 0.4) is 0 Å². The lowest BCUT2D eigenvalue weighted by Crippen LogP contribution is -2.47. The van der Waals surface area contributed by atoms with Gasteiger partial charge >= 0.3 is 0 Å². The number of nitrogens with zero attached hydrogens (tertiary/aromatic N) is 4. The summed E-state index contributed by atoms with van der Waals surface area (Å²) < 4.78 is 5.19. The van der Waals surface area contributed by atoms with E-state index >= 15 is 0 Å². The van der Waals surface area contributed by atoms with E-state index in [2.05, 4.69) is 15.0 Å². The third-order valence-electron chi connectivity index (χ3n) is 5.56. The predicted molar refractivity (Wildman–Crippen MR) is 95.6 cm³/mol. The molecule has 2 aromatic heterocycles. The first kappa shape index (κ1) is 16.7. The van der Waals surface area contributed by atoms with Gasteiger partial charge < -0.3 is 9.42 Å². The Morgan fingerprint density at radius 1 is 1.32 bits per heavy atom. The Bertz CT molecular complexity index is 738. The van der Waals surface area contributed by atoms with Crippen LogP contribution in [-0.4, -0.2) is 52.0 Å². The van der Waals surface area contributed by atoms with Gasteiger partial charge in [-0.1, -0.05) is 5.16 Å². The number of amides is 1. The molecule has 2 aliphatic heterocycles. The number of hydrogen-bond acceptors (Lipinski definition) is 6. The fraction of sp³-hybridized carbons (Fsp3) is 0.611. The molecule has 0 N–H and O–H groups in total. The molecule has 0 radical (unpaired) electrons. The Balaban J connectivity index is 1.45. The Morgan fingerprint density at radius 3 is 2.92 bits per heavy atom. The summed E-state index contributed by atoms with van der Waals surface area (Å²) in [5.74, 6) is 0.702. The van der Waals surface area contributed by atoms with Crippen LogP contribution in [0.1, 0.15) is 46.1 Å². The standard InChI is InChI=1S/C18H24N4O2S/c1-13-16(14(2)24-20-13)17(23)22-7-3-4-18(12-22)5-8-21(11-18)10-15-19-6-9-25-15/h6,9H,3-5,7-8,10-12H2,1-2H3/t18-/m0/s1. The smallest absolute Gasteiger partial charge is 0.259 e. The second kappa shape index (κ2) is 6.53. The average molecular weight is 360 g/mol. The van der Waals surface area contributed by atoms with Gasteiger partial charge in [-0.3, -0.25) is 9.69 Å². The van der Waals surface area contributed by atoms with Crippen LogP contribution in [0.5, 0.6) is 0 Å². The molecule has 2 saturated heterocycles. The zero-order valence-corrected chi connectivity index (χ0v) is 15.6. The number of thiazole rings is 1. The van der Waals surface area contributed by atoms with Gasteiger partial charge in [-0.15, -0.1) is 11.3 Å². The summed E-state index contributed by atoms with van der Waals surface area (Å²) >= 11 is 1.72. The van der Waals surface area contributed by atoms with Crippen molar-refractivity contribution in [1.82, 2.24) is 19.9 Å². The first-order valence-electron chi connectivity index (χ1n) is 8.89. The minimum Gasteiger partial charge on any atom is -0.361 e. The molecule has 1 spiro atoms. The van der Waals surface area contributed by atoms with Gasteiger partial charge in [0.25, 0.3) is 5.91 Å². The van der Waals surface area contributed by atoms with Crippen molar-refractivity contribution in [3.63, 3.8) is 0 Å². The molecular weight excluding hydrogens is 336 g/mol. The molecule has 4 rings (SSSR count). The first-order valence-corrected chi connectivity index (χ1v) is 9.77. The fourth-order valence-corrected chi connectivity index (χ4v) is 5.00. The van der Waals surface area contributed by atoms with Crippen molar-refractivity contribution in [3.05, 3.63) is 33.6 Å². The predicted octanol–water partition coefficient (Wildman–Crippen LogP) is 2.88. The van der Waals surface area contributed by atoms with Crippen molar-refractivity contribution >= 4 is 17.2 Å². The summed E-state index contributed by atoms with van der Waals surface area (Å²) in [5, 5.41) is 7.15. The van der Waals surface area contributed by atoms with E-state index in [0.29, 0.717) is 17.0 Å². The van der Waals surface area contributed by atoms with Crippen molar-refractivity contribution in [2.75, 3.05) is 26.2 Å². The van der Waals surface area contributed by atoms with Crippen LogP contribution < -0.4 is 0 Å². The normalized spacial score (nSPS) is 24.3. The van der Waals surface area contributed by atoms with Crippen LogP contribution in [0.2, 0.25) is 0 Å². The molecule has 25 heavy (non-hydrogen) atoms. The lowest BCUT2D eigenvalue weighted by Gasteiger charge is -2.40. The third-order valence-corrected chi connectivity index (χ3v) is 6.32. The van der Waals surface area contributed by atoms with Gasteiger partial charge in [0.1, 0.15) is 16.3 Å². The van der Waals surface area contributed by atoms with Crippen LogP contribution in [0.25, 0.3) is 0 Å². The average Bonchev–Trinajstić information content (AvgIpc) is 3.31. The molecule has 134 valence electrons. The fourth-order valence-electron chi connectivity index (χ4n) is 4.35. The molecule has 6 nitrogen and oxygen atoms in total. The van der Waals surface area contributed by atoms with E-state index in [-0.39, 0.29) is 11.3 Å². The number of piperidine rings is 1. The van der Waals surface area contributed by atoms with Gasteiger partial charge in [0, 0.05) is 36.6 Å². The molecule has 1 atom stereocenters. The molecule has 0 saturated carbocycles. The number of rotatable bonds is 3. The number of aryl methyl sites for hydroxylation is 2. The maximum absolute atomic E-state index is 13.0. The van der Waals surface area contributed by atoms with Crippen LogP contribution >= 0.6 is 11.3 Å². The van der Waals surface area contributed by atoms with E-state index in [1.54, 1.807) is 11.3 Å². The van der Waals surface area contributed by atoms with E-state index in [4.69, 9.17) is 4.52 Å². The molecule has 0 bridgehead atoms. The molecule has 2 aromatic rings. The van der Waals surface area contributed by atoms with Gasteiger partial charge in [0.05, 0.1) is 12.2 Å². The molecule has 7 heteroatoms. The minimum absolute atomic E-state index is 0.0775. The highest BCUT2D eigenvalue weighted by atomic mass is 32.1. The van der Waals surface area contributed by atoms with Crippen molar-refractivity contribution in [2.24, 2.45) is 5.41 Å². The zero-order valence-electron chi connectivity index (χ0n) is 14.8. The van der Waals surface area contributed by atoms with Gasteiger partial charge in [-0.05, 0) is 39.7 Å². The maximum Gasteiger partial charge on any atom is 0.259 e. The van der Waals surface area contributed by atoms with Gasteiger partial charge in [0.2, 0.25) is 0 Å². The number of carbonyl (C=O) groups is 1. The Hall–Kier alpha value is -1.73. The van der Waals surface area contributed by atoms with Crippen molar-refractivity contribution < 1.29 is 9.32 Å². The molecule has 2 aliphatic rings. The van der Waals surface area contributed by atoms with Gasteiger partial charge in [-0.2, -0.15) is 0 Å². The lowest BCUT2D eigenvalue weighted by atomic mass is 9.79. The van der Waals surface area contributed by atoms with E-state index < -0.39 is 0 Å². The van der Waals surface area contributed by atoms with Crippen molar-refractivity contribution in [1.29, 1.82) is 0 Å². The largest absolute Gasteiger partial charge is 0.361 e. The van der Waals surface area contributed by atoms with E-state index in [9.17, 15) is 4.79 Å². The summed E-state index contributed by atoms with van der Waals surface area (Å²) in [6.07, 6.45) is 5.30. The topological polar surface area (TPSA) is 62.5 Å². The highest BCUT2D eigenvalue weighted by Crippen LogP contribution is 2.40. The SMILES string of the molecule is Cc1noc(C)c1C(=O)N1CCC[C@@]2(CCN(Cc3nccs3)C2)C1. The summed E-state index contributed by atoms with van der Waals surface area (Å²) in [7, 11) is 0. The molecule has 2 fully saturated rings. The third kappa shape index (κ3) is 3.22. The summed E-state index contributed by atoms with van der Waals surface area (Å²) in [4.78, 5) is 21.9. The van der Waals surface area contributed by atoms with Crippen LogP contribution in [-0.2, 0) is 6.54 Å². The van der Waals surface area contributed by atoms with Crippen molar-refractivity contribution in [3.8, 4) is 0 Å². The van der Waals surface area contributed by atoms with Crippen LogP contribution in [0.4, 0.5) is 0 Å². The molecule has 0 unspecified atom stereocenters. The highest BCUT2D eigenvalue weighted by Gasteiger charge is 2.43. The van der Waals surface area contributed by atoms with Gasteiger partial charge in [-0.25, -0.2) is 4.98 Å². The zero-order chi connectivity index (χ0) is 17.4. The van der Waals surface area contributed by atoms with E-state index in [1.165, 1.54) is 11.4 Å². The molecule has 0 aromatic carbocycles. The number of carbonyl (C=O) groups excluding carboxylic acids is 1. The van der Waals surface area contributed by atoms with Crippen LogP contribution in [0.15, 0.2) is 16.1 Å². The minimum atomic E-state index is 0.0775. The Kier molecular flexibility index (Phi) is 4.37. The summed E-state index contributed by atoms with van der Waals surface area (Å²) in [6, 6.07) is 0. The molecule has 4 heterocycles. The monoisotopic (exact) mass is 360 g/mol. The van der Waals surface area contributed by atoms with E-state index in [1.807, 2.05) is 30.3 Å². The van der Waals surface area contributed by atoms with E-state index in [0.717, 1.165) is 45.6 Å². The molecular formula is C18H24N4O2S. The lowest BCUT2D eigenvalue weighted by molar-refractivity contribution is 0.0524. The Labute approximate surface area is 151 Å². The quantitative estimate of drug-likeness (QED) is 0.842. The molecule has 1 amide bonds. The summed E-state index contributed by atoms with van der Waals surface area (Å²) in [5.41, 5.74) is 1.57. The van der Waals surface area contributed by atoms with Gasteiger partial charge in [0.15, 0.2) is 0 Å². The number of aromatic nitrogens is 2. The molecule has 0 aliphatic carbocycles. The van der Waals surface area contributed by atoms with Crippen LogP contribution in [0, 0.1) is 19.3 Å². The van der Waals surface area contributed by atoms with Crippen molar-refractivity contribution in [2.45, 2.75) is 39.7 Å². The first-order chi connectivity index (χ1) is 12.1. The Morgan fingerprint density at radius 2 is 2.20 bits per heavy atom. The second-order valence-electron chi connectivity index (χ2n) is 7.42. The maximum atomic E-state index is 13.0. The highest BCUT2D eigenvalue weighted by molar-refractivity contribution is 7.09.